The molecule has 0 radical (unpaired) electrons. The van der Waals surface area contributed by atoms with Gasteiger partial charge in [0, 0.05) is 13.1 Å². The van der Waals surface area contributed by atoms with Gasteiger partial charge < -0.3 is 4.90 Å². The van der Waals surface area contributed by atoms with Crippen LogP contribution in [0.25, 0.3) is 0 Å². The maximum Gasteiger partial charge on any atom is 0.109 e. The van der Waals surface area contributed by atoms with Crippen LogP contribution >= 0.6 is 0 Å². The second-order valence-electron chi connectivity index (χ2n) is 5.36. The summed E-state index contributed by atoms with van der Waals surface area (Å²) in [7, 11) is 0. The maximum absolute atomic E-state index is 9.36. The lowest BCUT2D eigenvalue weighted by molar-refractivity contribution is 0.166. The van der Waals surface area contributed by atoms with Gasteiger partial charge in [0.25, 0.3) is 0 Å². The van der Waals surface area contributed by atoms with Crippen molar-refractivity contribution in [3.05, 3.63) is 0 Å². The van der Waals surface area contributed by atoms with E-state index in [0.717, 1.165) is 38.4 Å². The van der Waals surface area contributed by atoms with Gasteiger partial charge in [-0.05, 0) is 51.1 Å². The molecule has 0 bridgehead atoms. The Balaban J connectivity index is 1.79. The van der Waals surface area contributed by atoms with Gasteiger partial charge >= 0.3 is 0 Å². The van der Waals surface area contributed by atoms with E-state index in [2.05, 4.69) is 23.2 Å². The monoisotopic (exact) mass is 221 g/mol. The minimum absolute atomic E-state index is 0.215. The predicted octanol–water partition coefficient (Wildman–Crippen LogP) is 1.75. The highest BCUT2D eigenvalue weighted by atomic mass is 15.2. The van der Waals surface area contributed by atoms with E-state index in [1.165, 1.54) is 25.8 Å². The van der Waals surface area contributed by atoms with Gasteiger partial charge in [0.15, 0.2) is 0 Å². The highest BCUT2D eigenvalue weighted by Crippen LogP contribution is 2.30. The first kappa shape index (κ1) is 11.9. The summed E-state index contributed by atoms with van der Waals surface area (Å²) < 4.78 is 0. The lowest BCUT2D eigenvalue weighted by Crippen LogP contribution is -2.53. The van der Waals surface area contributed by atoms with Crippen LogP contribution in [-0.2, 0) is 0 Å². The number of likely N-dealkylation sites (tertiary alicyclic amines) is 1. The van der Waals surface area contributed by atoms with Gasteiger partial charge in [0.2, 0.25) is 0 Å². The minimum atomic E-state index is -0.215. The Hall–Kier alpha value is -0.590. The van der Waals surface area contributed by atoms with E-state index in [-0.39, 0.29) is 5.54 Å². The molecule has 3 nitrogen and oxygen atoms in total. The first-order valence-electron chi connectivity index (χ1n) is 6.66. The summed E-state index contributed by atoms with van der Waals surface area (Å²) in [6.07, 6.45) is 5.93. The third-order valence-corrected chi connectivity index (χ3v) is 3.89. The van der Waals surface area contributed by atoms with Crippen molar-refractivity contribution in [3.63, 3.8) is 0 Å². The number of nitriles is 1. The Labute approximate surface area is 98.8 Å². The second kappa shape index (κ2) is 5.16. The Morgan fingerprint density at radius 1 is 1.38 bits per heavy atom. The fraction of sp³-hybridized carbons (Fsp3) is 0.923. The van der Waals surface area contributed by atoms with Crippen molar-refractivity contribution in [2.45, 2.75) is 44.6 Å². The van der Waals surface area contributed by atoms with Crippen LogP contribution in [0.2, 0.25) is 0 Å². The second-order valence-corrected chi connectivity index (χ2v) is 5.36. The summed E-state index contributed by atoms with van der Waals surface area (Å²) in [6.45, 7) is 6.63. The lowest BCUT2D eigenvalue weighted by Gasteiger charge is -2.37. The van der Waals surface area contributed by atoms with Crippen LogP contribution in [0.15, 0.2) is 0 Å². The molecule has 0 atom stereocenters. The number of hydrogen-bond acceptors (Lipinski definition) is 3. The summed E-state index contributed by atoms with van der Waals surface area (Å²) in [5.74, 6) is 0.860. The Morgan fingerprint density at radius 2 is 2.06 bits per heavy atom. The number of hydrogen-bond donors (Lipinski definition) is 1. The standard InChI is InChI=1S/C13H23N3/c1-2-7-16-8-5-13(11-14,6-9-16)15-10-12-3-4-12/h12,15H,2-10H2,1H3. The van der Waals surface area contributed by atoms with Crippen LogP contribution in [0.4, 0.5) is 0 Å². The first-order chi connectivity index (χ1) is 7.78. The normalized spacial score (nSPS) is 25.2. The molecule has 1 heterocycles. The molecule has 1 N–H and O–H groups in total. The molecule has 2 fully saturated rings. The van der Waals surface area contributed by atoms with E-state index < -0.39 is 0 Å². The molecule has 0 unspecified atom stereocenters. The SMILES string of the molecule is CCCN1CCC(C#N)(NCC2CC2)CC1. The van der Waals surface area contributed by atoms with E-state index >= 15 is 0 Å². The summed E-state index contributed by atoms with van der Waals surface area (Å²) in [6, 6.07) is 2.53. The highest BCUT2D eigenvalue weighted by molar-refractivity contribution is 5.10. The molecule has 1 saturated carbocycles. The zero-order chi connectivity index (χ0) is 11.4. The van der Waals surface area contributed by atoms with Crippen LogP contribution in [-0.4, -0.2) is 36.6 Å². The molecule has 2 aliphatic rings. The molecule has 0 amide bonds. The third kappa shape index (κ3) is 2.96. The molecule has 90 valence electrons. The van der Waals surface area contributed by atoms with E-state index in [1.807, 2.05) is 0 Å². The Kier molecular flexibility index (Phi) is 3.83. The van der Waals surface area contributed by atoms with Crippen LogP contribution in [0, 0.1) is 17.2 Å². The molecular formula is C13H23N3. The third-order valence-electron chi connectivity index (χ3n) is 3.89. The summed E-state index contributed by atoms with van der Waals surface area (Å²) >= 11 is 0. The van der Waals surface area contributed by atoms with Crippen LogP contribution in [0.1, 0.15) is 39.0 Å². The minimum Gasteiger partial charge on any atom is -0.303 e. The van der Waals surface area contributed by atoms with E-state index in [4.69, 9.17) is 0 Å². The number of nitrogens with zero attached hydrogens (tertiary/aromatic N) is 2. The fourth-order valence-corrected chi connectivity index (χ4v) is 2.46. The molecule has 2 rings (SSSR count). The molecule has 0 aromatic heterocycles. The van der Waals surface area contributed by atoms with Crippen molar-refractivity contribution < 1.29 is 0 Å². The summed E-state index contributed by atoms with van der Waals surface area (Å²) in [4.78, 5) is 2.48. The summed E-state index contributed by atoms with van der Waals surface area (Å²) in [5.41, 5.74) is -0.215. The van der Waals surface area contributed by atoms with E-state index in [0.29, 0.717) is 0 Å². The molecule has 1 aliphatic heterocycles. The topological polar surface area (TPSA) is 39.1 Å². The van der Waals surface area contributed by atoms with Gasteiger partial charge in [0.1, 0.15) is 5.54 Å². The van der Waals surface area contributed by atoms with Crippen molar-refractivity contribution >= 4 is 0 Å². The van der Waals surface area contributed by atoms with Crippen molar-refractivity contribution in [3.8, 4) is 6.07 Å². The van der Waals surface area contributed by atoms with Crippen molar-refractivity contribution in [2.24, 2.45) is 5.92 Å². The lowest BCUT2D eigenvalue weighted by atomic mass is 9.88. The Morgan fingerprint density at radius 3 is 2.56 bits per heavy atom. The zero-order valence-corrected chi connectivity index (χ0v) is 10.3. The summed E-state index contributed by atoms with van der Waals surface area (Å²) in [5, 5.41) is 12.9. The maximum atomic E-state index is 9.36. The predicted molar refractivity (Wildman–Crippen MR) is 65.0 cm³/mol. The number of nitrogens with one attached hydrogen (secondary N) is 1. The van der Waals surface area contributed by atoms with Gasteiger partial charge in [-0.1, -0.05) is 6.92 Å². The molecule has 16 heavy (non-hydrogen) atoms. The van der Waals surface area contributed by atoms with Gasteiger partial charge in [-0.2, -0.15) is 5.26 Å². The molecule has 0 aromatic rings. The molecule has 1 aliphatic carbocycles. The van der Waals surface area contributed by atoms with Crippen LogP contribution in [0.3, 0.4) is 0 Å². The number of piperidine rings is 1. The van der Waals surface area contributed by atoms with E-state index in [1.54, 1.807) is 0 Å². The average Bonchev–Trinajstić information content (AvgIpc) is 3.13. The molecule has 0 aromatic carbocycles. The van der Waals surface area contributed by atoms with E-state index in [9.17, 15) is 5.26 Å². The molecular weight excluding hydrogens is 198 g/mol. The van der Waals surface area contributed by atoms with Gasteiger partial charge in [-0.25, -0.2) is 0 Å². The average molecular weight is 221 g/mol. The quantitative estimate of drug-likeness (QED) is 0.769. The van der Waals surface area contributed by atoms with Crippen molar-refractivity contribution in [1.82, 2.24) is 10.2 Å². The van der Waals surface area contributed by atoms with Crippen LogP contribution < -0.4 is 5.32 Å². The fourth-order valence-electron chi connectivity index (χ4n) is 2.46. The van der Waals surface area contributed by atoms with Gasteiger partial charge in [-0.3, -0.25) is 5.32 Å². The molecule has 0 spiro atoms. The van der Waals surface area contributed by atoms with Crippen molar-refractivity contribution in [2.75, 3.05) is 26.2 Å². The number of rotatable bonds is 5. The highest BCUT2D eigenvalue weighted by Gasteiger charge is 2.35. The Bertz CT molecular complexity index is 257. The van der Waals surface area contributed by atoms with Crippen LogP contribution in [0.5, 0.6) is 0 Å². The largest absolute Gasteiger partial charge is 0.303 e. The molecule has 3 heteroatoms. The smallest absolute Gasteiger partial charge is 0.109 e. The first-order valence-corrected chi connectivity index (χ1v) is 6.66. The molecule has 1 saturated heterocycles. The van der Waals surface area contributed by atoms with Crippen molar-refractivity contribution in [1.29, 1.82) is 5.26 Å². The zero-order valence-electron chi connectivity index (χ0n) is 10.3. The van der Waals surface area contributed by atoms with Gasteiger partial charge in [0.05, 0.1) is 6.07 Å². The van der Waals surface area contributed by atoms with Gasteiger partial charge in [-0.15, -0.1) is 0 Å².